The van der Waals surface area contributed by atoms with E-state index in [0.29, 0.717) is 5.82 Å². The van der Waals surface area contributed by atoms with E-state index in [2.05, 4.69) is 10.3 Å². The maximum absolute atomic E-state index is 13.1. The van der Waals surface area contributed by atoms with Gasteiger partial charge in [0.2, 0.25) is 0 Å². The number of aromatic nitrogens is 1. The van der Waals surface area contributed by atoms with Gasteiger partial charge in [-0.25, -0.2) is 13.8 Å². The predicted molar refractivity (Wildman–Crippen MR) is 69.6 cm³/mol. The lowest BCUT2D eigenvalue weighted by Gasteiger charge is -2.09. The van der Waals surface area contributed by atoms with Gasteiger partial charge in [0.15, 0.2) is 5.82 Å². The van der Waals surface area contributed by atoms with Gasteiger partial charge in [0.25, 0.3) is 0 Å². The number of hydrogen-bond acceptors (Lipinski definition) is 3. The van der Waals surface area contributed by atoms with E-state index in [9.17, 15) is 8.78 Å². The summed E-state index contributed by atoms with van der Waals surface area (Å²) in [6.07, 6.45) is 1.56. The minimum Gasteiger partial charge on any atom is -0.395 e. The Bertz CT molecular complexity index is 501. The fourth-order valence-corrected chi connectivity index (χ4v) is 1.26. The van der Waals surface area contributed by atoms with Crippen LogP contribution in [0.4, 0.5) is 26.0 Å². The molecule has 0 spiro atoms. The maximum atomic E-state index is 13.1. The first kappa shape index (κ1) is 13.9. The van der Waals surface area contributed by atoms with Crippen molar-refractivity contribution in [1.82, 2.24) is 4.98 Å². The summed E-state index contributed by atoms with van der Waals surface area (Å²) in [7, 11) is 0. The first-order valence-electron chi connectivity index (χ1n) is 5.59. The molecule has 0 atom stereocenters. The molecule has 3 N–H and O–H groups in total. The van der Waals surface area contributed by atoms with Crippen molar-refractivity contribution >= 4 is 17.2 Å². The molecule has 1 heterocycles. The van der Waals surface area contributed by atoms with Gasteiger partial charge in [0.05, 0.1) is 11.4 Å². The average Bonchev–Trinajstić information content (AvgIpc) is 2.39. The highest BCUT2D eigenvalue weighted by atomic mass is 19.1. The summed E-state index contributed by atoms with van der Waals surface area (Å²) in [6, 6.07) is 7.01. The minimum absolute atomic E-state index is 0.132. The van der Waals surface area contributed by atoms with Crippen molar-refractivity contribution in [3.05, 3.63) is 48.2 Å². The lowest BCUT2D eigenvalue weighted by molar-refractivity contribution is 0.587. The van der Waals surface area contributed by atoms with Gasteiger partial charge in [0.1, 0.15) is 11.6 Å². The third-order valence-corrected chi connectivity index (χ3v) is 2.02. The van der Waals surface area contributed by atoms with Gasteiger partial charge in [0, 0.05) is 12.3 Å². The molecule has 3 nitrogen and oxygen atoms in total. The summed E-state index contributed by atoms with van der Waals surface area (Å²) in [6.45, 7) is 4.00. The van der Waals surface area contributed by atoms with Gasteiger partial charge < -0.3 is 11.1 Å². The number of pyridine rings is 1. The third kappa shape index (κ3) is 3.41. The van der Waals surface area contributed by atoms with Crippen molar-refractivity contribution in [2.24, 2.45) is 0 Å². The van der Waals surface area contributed by atoms with Crippen molar-refractivity contribution in [3.63, 3.8) is 0 Å². The summed E-state index contributed by atoms with van der Waals surface area (Å²) in [5.74, 6) is -1.01. The van der Waals surface area contributed by atoms with Crippen LogP contribution >= 0.6 is 0 Å². The minimum atomic E-state index is -0.793. The summed E-state index contributed by atoms with van der Waals surface area (Å²) >= 11 is 0. The second kappa shape index (κ2) is 6.54. The zero-order valence-electron chi connectivity index (χ0n) is 10.2. The lowest BCUT2D eigenvalue weighted by Crippen LogP contribution is -2.01. The molecular weight excluding hydrogens is 236 g/mol. The molecule has 0 saturated carbocycles. The highest BCUT2D eigenvalue weighted by molar-refractivity contribution is 5.71. The number of nitrogens with two attached hydrogens (primary N) is 1. The van der Waals surface area contributed by atoms with Crippen molar-refractivity contribution in [1.29, 1.82) is 0 Å². The van der Waals surface area contributed by atoms with Gasteiger partial charge >= 0.3 is 0 Å². The number of rotatable bonds is 2. The van der Waals surface area contributed by atoms with E-state index in [-0.39, 0.29) is 11.4 Å². The van der Waals surface area contributed by atoms with Crippen LogP contribution in [0.3, 0.4) is 0 Å². The zero-order valence-corrected chi connectivity index (χ0v) is 10.2. The third-order valence-electron chi connectivity index (χ3n) is 2.02. The molecule has 0 amide bonds. The summed E-state index contributed by atoms with van der Waals surface area (Å²) < 4.78 is 26.1. The quantitative estimate of drug-likeness (QED) is 0.800. The Balaban J connectivity index is 0.000000771. The van der Waals surface area contributed by atoms with Crippen LogP contribution in [0, 0.1) is 11.6 Å². The largest absolute Gasteiger partial charge is 0.395 e. The van der Waals surface area contributed by atoms with Gasteiger partial charge in [-0.3, -0.25) is 0 Å². The molecule has 0 bridgehead atoms. The summed E-state index contributed by atoms with van der Waals surface area (Å²) in [5, 5.41) is 2.74. The van der Waals surface area contributed by atoms with Crippen LogP contribution in [0.25, 0.3) is 0 Å². The van der Waals surface area contributed by atoms with Gasteiger partial charge in [-0.05, 0) is 18.2 Å². The summed E-state index contributed by atoms with van der Waals surface area (Å²) in [4.78, 5) is 3.96. The number of benzene rings is 1. The number of nitrogens with one attached hydrogen (secondary N) is 1. The Hall–Kier alpha value is -2.17. The molecule has 1 aromatic heterocycles. The number of hydrogen-bond donors (Lipinski definition) is 2. The number of nitrogens with zero attached hydrogens (tertiary/aromatic N) is 1. The van der Waals surface area contributed by atoms with E-state index < -0.39 is 11.6 Å². The zero-order chi connectivity index (χ0) is 13.5. The molecule has 5 heteroatoms. The van der Waals surface area contributed by atoms with Crippen LogP contribution < -0.4 is 11.1 Å². The molecule has 2 aromatic rings. The van der Waals surface area contributed by atoms with Gasteiger partial charge in [-0.2, -0.15) is 0 Å². The highest BCUT2D eigenvalue weighted by Crippen LogP contribution is 2.25. The Kier molecular flexibility index (Phi) is 5.05. The van der Waals surface area contributed by atoms with E-state index in [1.54, 1.807) is 24.4 Å². The molecule has 2 rings (SSSR count). The van der Waals surface area contributed by atoms with Gasteiger partial charge in [-0.1, -0.05) is 19.9 Å². The van der Waals surface area contributed by atoms with E-state index >= 15 is 0 Å². The molecule has 0 unspecified atom stereocenters. The van der Waals surface area contributed by atoms with E-state index in [1.807, 2.05) is 13.8 Å². The second-order valence-electron chi connectivity index (χ2n) is 3.19. The molecular formula is C13H15F2N3. The molecule has 0 radical (unpaired) electrons. The topological polar surface area (TPSA) is 50.9 Å². The Morgan fingerprint density at radius 1 is 1.17 bits per heavy atom. The van der Waals surface area contributed by atoms with E-state index in [0.717, 1.165) is 12.1 Å². The van der Waals surface area contributed by atoms with E-state index in [1.165, 1.54) is 0 Å². The van der Waals surface area contributed by atoms with Crippen molar-refractivity contribution in [2.75, 3.05) is 11.1 Å². The van der Waals surface area contributed by atoms with Crippen LogP contribution in [0.2, 0.25) is 0 Å². The van der Waals surface area contributed by atoms with E-state index in [4.69, 9.17) is 5.73 Å². The standard InChI is InChI=1S/C11H9F2N3.C2H6/c12-7-5-8(13)11(14)9(6-7)16-10-3-1-2-4-15-10;1-2/h1-6H,14H2,(H,15,16);1-2H3. The monoisotopic (exact) mass is 251 g/mol. The Morgan fingerprint density at radius 3 is 2.50 bits per heavy atom. The second-order valence-corrected chi connectivity index (χ2v) is 3.19. The van der Waals surface area contributed by atoms with Crippen LogP contribution in [-0.4, -0.2) is 4.98 Å². The fraction of sp³-hybridized carbons (Fsp3) is 0.154. The highest BCUT2D eigenvalue weighted by Gasteiger charge is 2.08. The molecule has 0 aliphatic heterocycles. The fourth-order valence-electron chi connectivity index (χ4n) is 1.26. The van der Waals surface area contributed by atoms with Crippen LogP contribution in [0.15, 0.2) is 36.5 Å². The van der Waals surface area contributed by atoms with Crippen molar-refractivity contribution < 1.29 is 8.78 Å². The summed E-state index contributed by atoms with van der Waals surface area (Å²) in [5.41, 5.74) is 5.50. The molecule has 18 heavy (non-hydrogen) atoms. The lowest BCUT2D eigenvalue weighted by atomic mass is 10.2. The maximum Gasteiger partial charge on any atom is 0.151 e. The molecule has 96 valence electrons. The molecule has 0 saturated heterocycles. The first-order valence-corrected chi connectivity index (χ1v) is 5.59. The molecule has 0 aliphatic carbocycles. The Morgan fingerprint density at radius 2 is 1.89 bits per heavy atom. The van der Waals surface area contributed by atoms with Crippen LogP contribution in [0.5, 0.6) is 0 Å². The number of anilines is 3. The predicted octanol–water partition coefficient (Wildman–Crippen LogP) is 3.71. The molecule has 0 fully saturated rings. The smallest absolute Gasteiger partial charge is 0.151 e. The number of halogens is 2. The normalized spacial score (nSPS) is 9.33. The molecule has 1 aromatic carbocycles. The first-order chi connectivity index (χ1) is 8.66. The number of nitrogen functional groups attached to an aromatic ring is 1. The van der Waals surface area contributed by atoms with Crippen LogP contribution in [-0.2, 0) is 0 Å². The van der Waals surface area contributed by atoms with Crippen LogP contribution in [0.1, 0.15) is 13.8 Å². The van der Waals surface area contributed by atoms with Crippen molar-refractivity contribution in [2.45, 2.75) is 13.8 Å². The average molecular weight is 251 g/mol. The SMILES string of the molecule is CC.Nc1c(F)cc(F)cc1Nc1ccccn1. The Labute approximate surface area is 105 Å². The molecule has 0 aliphatic rings. The van der Waals surface area contributed by atoms with Gasteiger partial charge in [-0.15, -0.1) is 0 Å². The van der Waals surface area contributed by atoms with Crippen molar-refractivity contribution in [3.8, 4) is 0 Å².